The number of hydrogen-bond donors (Lipinski definition) is 0. The van der Waals surface area contributed by atoms with Crippen LogP contribution in [-0.4, -0.2) is 9.97 Å². The second-order valence-electron chi connectivity index (χ2n) is 5.49. The molecule has 2 heterocycles. The number of hydrogen-bond acceptors (Lipinski definition) is 3. The maximum absolute atomic E-state index is 4.94. The number of aromatic nitrogens is 2. The van der Waals surface area contributed by atoms with Gasteiger partial charge in [-0.25, -0.2) is 4.98 Å². The van der Waals surface area contributed by atoms with Gasteiger partial charge in [0, 0.05) is 28.8 Å². The summed E-state index contributed by atoms with van der Waals surface area (Å²) in [7, 11) is 0. The van der Waals surface area contributed by atoms with Crippen LogP contribution in [0.2, 0.25) is 0 Å². The Balaban J connectivity index is 1.95. The molecule has 1 saturated carbocycles. The molecule has 0 saturated heterocycles. The van der Waals surface area contributed by atoms with E-state index in [9.17, 15) is 0 Å². The van der Waals surface area contributed by atoms with Gasteiger partial charge in [0.2, 0.25) is 0 Å². The van der Waals surface area contributed by atoms with Gasteiger partial charge in [-0.05, 0) is 38.3 Å². The molecule has 0 unspecified atom stereocenters. The van der Waals surface area contributed by atoms with Gasteiger partial charge in [0.15, 0.2) is 0 Å². The van der Waals surface area contributed by atoms with Crippen molar-refractivity contribution in [3.05, 3.63) is 34.6 Å². The van der Waals surface area contributed by atoms with Crippen LogP contribution in [0.5, 0.6) is 0 Å². The lowest BCUT2D eigenvalue weighted by Gasteiger charge is -2.20. The van der Waals surface area contributed by atoms with Crippen LogP contribution in [0.25, 0.3) is 10.6 Å². The third kappa shape index (κ3) is 2.57. The molecule has 0 aliphatic heterocycles. The fourth-order valence-corrected chi connectivity index (χ4v) is 4.04. The number of pyridine rings is 1. The quantitative estimate of drug-likeness (QED) is 0.779. The molecular weight excluding hydrogens is 252 g/mol. The molecule has 1 aliphatic rings. The monoisotopic (exact) mass is 272 g/mol. The first-order chi connectivity index (χ1) is 9.25. The first kappa shape index (κ1) is 12.8. The second kappa shape index (κ2) is 5.41. The van der Waals surface area contributed by atoms with E-state index in [0.29, 0.717) is 5.92 Å². The van der Waals surface area contributed by atoms with E-state index < -0.39 is 0 Å². The van der Waals surface area contributed by atoms with Crippen LogP contribution >= 0.6 is 11.3 Å². The minimum absolute atomic E-state index is 0.690. The Morgan fingerprint density at radius 2 is 1.95 bits per heavy atom. The number of nitrogens with zero attached hydrogens (tertiary/aromatic N) is 2. The smallest absolute Gasteiger partial charge is 0.125 e. The second-order valence-corrected chi connectivity index (χ2v) is 6.69. The third-order valence-electron chi connectivity index (χ3n) is 4.09. The molecule has 0 bridgehead atoms. The summed E-state index contributed by atoms with van der Waals surface area (Å²) < 4.78 is 0. The van der Waals surface area contributed by atoms with E-state index in [-0.39, 0.29) is 0 Å². The van der Waals surface area contributed by atoms with E-state index in [2.05, 4.69) is 24.9 Å². The predicted molar refractivity (Wildman–Crippen MR) is 80.6 cm³/mol. The zero-order valence-electron chi connectivity index (χ0n) is 11.6. The van der Waals surface area contributed by atoms with Crippen molar-refractivity contribution in [1.29, 1.82) is 0 Å². The van der Waals surface area contributed by atoms with Gasteiger partial charge in [0.05, 0.1) is 5.69 Å². The van der Waals surface area contributed by atoms with Gasteiger partial charge in [-0.15, -0.1) is 11.3 Å². The molecule has 2 aromatic rings. The molecule has 19 heavy (non-hydrogen) atoms. The van der Waals surface area contributed by atoms with E-state index in [1.165, 1.54) is 53.8 Å². The van der Waals surface area contributed by atoms with Crippen LogP contribution in [0.1, 0.15) is 54.2 Å². The Bertz CT molecular complexity index is 568. The lowest BCUT2D eigenvalue weighted by Crippen LogP contribution is -2.06. The van der Waals surface area contributed by atoms with E-state index in [1.807, 2.05) is 23.7 Å². The van der Waals surface area contributed by atoms with Crippen molar-refractivity contribution in [2.45, 2.75) is 51.9 Å². The highest BCUT2D eigenvalue weighted by molar-refractivity contribution is 7.15. The highest BCUT2D eigenvalue weighted by atomic mass is 32.1. The Labute approximate surface area is 118 Å². The molecule has 1 aliphatic carbocycles. The summed E-state index contributed by atoms with van der Waals surface area (Å²) in [5.74, 6) is 0.690. The molecule has 3 rings (SSSR count). The van der Waals surface area contributed by atoms with Gasteiger partial charge < -0.3 is 0 Å². The maximum Gasteiger partial charge on any atom is 0.125 e. The Hall–Kier alpha value is -1.22. The predicted octanol–water partition coefficient (Wildman–Crippen LogP) is 4.87. The summed E-state index contributed by atoms with van der Waals surface area (Å²) in [4.78, 5) is 10.6. The molecule has 0 spiro atoms. The third-order valence-corrected chi connectivity index (χ3v) is 5.11. The van der Waals surface area contributed by atoms with Gasteiger partial charge in [0.1, 0.15) is 5.01 Å². The molecule has 0 radical (unpaired) electrons. The van der Waals surface area contributed by atoms with E-state index in [4.69, 9.17) is 4.98 Å². The summed E-state index contributed by atoms with van der Waals surface area (Å²) in [5, 5.41) is 1.14. The van der Waals surface area contributed by atoms with Crippen LogP contribution in [0.4, 0.5) is 0 Å². The van der Waals surface area contributed by atoms with Crippen molar-refractivity contribution in [2.75, 3.05) is 0 Å². The van der Waals surface area contributed by atoms with Crippen LogP contribution in [-0.2, 0) is 0 Å². The number of rotatable bonds is 2. The van der Waals surface area contributed by atoms with Gasteiger partial charge in [-0.2, -0.15) is 0 Å². The normalized spacial score (nSPS) is 16.7. The van der Waals surface area contributed by atoms with Crippen molar-refractivity contribution in [3.8, 4) is 10.6 Å². The number of thiazole rings is 1. The number of aryl methyl sites for hydroxylation is 2. The first-order valence-electron chi connectivity index (χ1n) is 7.14. The summed E-state index contributed by atoms with van der Waals surface area (Å²) in [5.41, 5.74) is 3.81. The SMILES string of the molecule is Cc1ccncc1-c1nc(C2CCCCC2)c(C)s1. The molecular formula is C16H20N2S. The minimum Gasteiger partial charge on any atom is -0.264 e. The van der Waals surface area contributed by atoms with E-state index >= 15 is 0 Å². The van der Waals surface area contributed by atoms with E-state index in [1.54, 1.807) is 0 Å². The Morgan fingerprint density at radius 1 is 1.16 bits per heavy atom. The van der Waals surface area contributed by atoms with Crippen LogP contribution in [0.3, 0.4) is 0 Å². The van der Waals surface area contributed by atoms with Gasteiger partial charge >= 0.3 is 0 Å². The lowest BCUT2D eigenvalue weighted by atomic mass is 9.86. The molecule has 0 aromatic carbocycles. The minimum atomic E-state index is 0.690. The molecule has 1 fully saturated rings. The van der Waals surface area contributed by atoms with Crippen molar-refractivity contribution in [3.63, 3.8) is 0 Å². The molecule has 0 N–H and O–H groups in total. The summed E-state index contributed by atoms with van der Waals surface area (Å²) in [6.45, 7) is 4.35. The summed E-state index contributed by atoms with van der Waals surface area (Å²) >= 11 is 1.82. The van der Waals surface area contributed by atoms with Crippen LogP contribution in [0, 0.1) is 13.8 Å². The fraction of sp³-hybridized carbons (Fsp3) is 0.500. The molecule has 0 amide bonds. The van der Waals surface area contributed by atoms with Gasteiger partial charge in [-0.1, -0.05) is 19.3 Å². The van der Waals surface area contributed by atoms with Gasteiger partial charge in [0.25, 0.3) is 0 Å². The van der Waals surface area contributed by atoms with Crippen molar-refractivity contribution >= 4 is 11.3 Å². The van der Waals surface area contributed by atoms with Gasteiger partial charge in [-0.3, -0.25) is 4.98 Å². The molecule has 2 nitrogen and oxygen atoms in total. The topological polar surface area (TPSA) is 25.8 Å². The standard InChI is InChI=1S/C16H20N2S/c1-11-8-9-17-10-14(11)16-18-15(12(2)19-16)13-6-4-3-5-7-13/h8-10,13H,3-7H2,1-2H3. The van der Waals surface area contributed by atoms with Crippen molar-refractivity contribution in [1.82, 2.24) is 9.97 Å². The molecule has 3 heteroatoms. The summed E-state index contributed by atoms with van der Waals surface area (Å²) in [6.07, 6.45) is 10.5. The summed E-state index contributed by atoms with van der Waals surface area (Å²) in [6, 6.07) is 2.06. The average Bonchev–Trinajstić information content (AvgIpc) is 2.82. The highest BCUT2D eigenvalue weighted by Gasteiger charge is 2.21. The largest absolute Gasteiger partial charge is 0.264 e. The van der Waals surface area contributed by atoms with Crippen molar-refractivity contribution in [2.24, 2.45) is 0 Å². The van der Waals surface area contributed by atoms with Crippen molar-refractivity contribution < 1.29 is 0 Å². The van der Waals surface area contributed by atoms with Crippen LogP contribution in [0.15, 0.2) is 18.5 Å². The lowest BCUT2D eigenvalue weighted by molar-refractivity contribution is 0.437. The first-order valence-corrected chi connectivity index (χ1v) is 7.95. The zero-order chi connectivity index (χ0) is 13.2. The Kier molecular flexibility index (Phi) is 3.65. The molecule has 100 valence electrons. The highest BCUT2D eigenvalue weighted by Crippen LogP contribution is 2.38. The van der Waals surface area contributed by atoms with E-state index in [0.717, 1.165) is 5.01 Å². The molecule has 2 aromatic heterocycles. The maximum atomic E-state index is 4.94. The average molecular weight is 272 g/mol. The fourth-order valence-electron chi connectivity index (χ4n) is 2.97. The van der Waals surface area contributed by atoms with Crippen LogP contribution < -0.4 is 0 Å². The molecule has 0 atom stereocenters. The zero-order valence-corrected chi connectivity index (χ0v) is 12.5. The Morgan fingerprint density at radius 3 is 2.68 bits per heavy atom.